The number of thioether (sulfide) groups is 1. The smallest absolute Gasteiger partial charge is 0.339 e. The topological polar surface area (TPSA) is 77.5 Å². The van der Waals surface area contributed by atoms with E-state index in [1.807, 2.05) is 18.4 Å². The molecule has 0 aliphatic heterocycles. The maximum Gasteiger partial charge on any atom is 0.339 e. The number of carbonyl (C=O) groups is 2. The van der Waals surface area contributed by atoms with E-state index in [0.717, 1.165) is 4.90 Å². The molecule has 0 aromatic heterocycles. The molecule has 0 saturated heterocycles. The molecule has 5 nitrogen and oxygen atoms in total. The van der Waals surface area contributed by atoms with E-state index in [1.165, 1.54) is 25.1 Å². The van der Waals surface area contributed by atoms with Gasteiger partial charge in [0, 0.05) is 10.5 Å². The van der Waals surface area contributed by atoms with Gasteiger partial charge in [-0.25, -0.2) is 13.2 Å². The van der Waals surface area contributed by atoms with Crippen molar-refractivity contribution in [3.05, 3.63) is 59.7 Å². The van der Waals surface area contributed by atoms with Crippen molar-refractivity contribution in [2.45, 2.75) is 16.7 Å². The van der Waals surface area contributed by atoms with Crippen molar-refractivity contribution in [1.29, 1.82) is 0 Å². The van der Waals surface area contributed by atoms with Crippen LogP contribution in [0.15, 0.2) is 58.3 Å². The first-order valence-corrected chi connectivity index (χ1v) is 10.4. The van der Waals surface area contributed by atoms with Crippen LogP contribution in [0.4, 0.5) is 0 Å². The van der Waals surface area contributed by atoms with E-state index in [4.69, 9.17) is 4.74 Å². The third-order valence-corrected chi connectivity index (χ3v) is 6.10. The molecule has 132 valence electrons. The zero-order valence-corrected chi connectivity index (χ0v) is 15.5. The van der Waals surface area contributed by atoms with Crippen LogP contribution < -0.4 is 0 Å². The summed E-state index contributed by atoms with van der Waals surface area (Å²) in [7, 11) is -3.56. The van der Waals surface area contributed by atoms with Crippen LogP contribution in [0, 0.1) is 0 Å². The van der Waals surface area contributed by atoms with Crippen molar-refractivity contribution in [1.82, 2.24) is 0 Å². The number of Topliss-reactive ketones (excluding diaryl/α,β-unsaturated/α-hetero) is 1. The predicted octanol–water partition coefficient (Wildman–Crippen LogP) is 3.24. The maximum absolute atomic E-state index is 12.2. The highest BCUT2D eigenvalue weighted by Gasteiger charge is 2.22. The Morgan fingerprint density at radius 1 is 1.04 bits per heavy atom. The fraction of sp³-hybridized carbons (Fsp3) is 0.222. The van der Waals surface area contributed by atoms with Gasteiger partial charge in [0.05, 0.1) is 16.2 Å². The van der Waals surface area contributed by atoms with Crippen LogP contribution in [0.3, 0.4) is 0 Å². The van der Waals surface area contributed by atoms with E-state index in [-0.39, 0.29) is 22.0 Å². The molecule has 0 atom stereocenters. The number of ketones is 1. The normalized spacial score (nSPS) is 11.1. The van der Waals surface area contributed by atoms with Crippen molar-refractivity contribution in [2.75, 3.05) is 18.6 Å². The highest BCUT2D eigenvalue weighted by molar-refractivity contribution is 7.98. The third kappa shape index (κ3) is 4.70. The molecule has 0 saturated carbocycles. The van der Waals surface area contributed by atoms with E-state index in [0.29, 0.717) is 5.56 Å². The summed E-state index contributed by atoms with van der Waals surface area (Å²) in [6.07, 6.45) is 1.93. The molecule has 7 heteroatoms. The van der Waals surface area contributed by atoms with Crippen molar-refractivity contribution >= 4 is 33.4 Å². The van der Waals surface area contributed by atoms with Gasteiger partial charge < -0.3 is 4.74 Å². The SMILES string of the molecule is CCS(=O)(=O)c1ccccc1C(=O)OCC(=O)c1ccc(SC)cc1. The number of hydrogen-bond donors (Lipinski definition) is 0. The number of sulfone groups is 1. The zero-order chi connectivity index (χ0) is 18.4. The lowest BCUT2D eigenvalue weighted by molar-refractivity contribution is 0.0471. The molecule has 2 aromatic rings. The molecule has 0 aliphatic rings. The lowest BCUT2D eigenvalue weighted by atomic mass is 10.1. The van der Waals surface area contributed by atoms with Gasteiger partial charge in [-0.15, -0.1) is 11.8 Å². The van der Waals surface area contributed by atoms with Gasteiger partial charge in [-0.1, -0.05) is 31.2 Å². The minimum Gasteiger partial charge on any atom is -0.454 e. The van der Waals surface area contributed by atoms with Crippen molar-refractivity contribution in [3.8, 4) is 0 Å². The molecule has 0 fully saturated rings. The van der Waals surface area contributed by atoms with E-state index in [2.05, 4.69) is 0 Å². The molecule has 0 radical (unpaired) electrons. The Bertz CT molecular complexity index is 871. The quantitative estimate of drug-likeness (QED) is 0.418. The molecule has 2 rings (SSSR count). The van der Waals surface area contributed by atoms with E-state index < -0.39 is 22.4 Å². The Balaban J connectivity index is 2.11. The van der Waals surface area contributed by atoms with Crippen LogP contribution in [0.1, 0.15) is 27.6 Å². The summed E-state index contributed by atoms with van der Waals surface area (Å²) in [5.41, 5.74) is 0.370. The van der Waals surface area contributed by atoms with Crippen LogP contribution in [0.5, 0.6) is 0 Å². The summed E-state index contributed by atoms with van der Waals surface area (Å²) >= 11 is 1.56. The average Bonchev–Trinajstić information content (AvgIpc) is 2.65. The van der Waals surface area contributed by atoms with Crippen LogP contribution in [-0.2, 0) is 14.6 Å². The Hall–Kier alpha value is -2.12. The fourth-order valence-electron chi connectivity index (χ4n) is 2.13. The average molecular weight is 378 g/mol. The van der Waals surface area contributed by atoms with Crippen molar-refractivity contribution in [3.63, 3.8) is 0 Å². The van der Waals surface area contributed by atoms with Gasteiger partial charge >= 0.3 is 5.97 Å². The molecular weight excluding hydrogens is 360 g/mol. The van der Waals surface area contributed by atoms with Gasteiger partial charge in [0.1, 0.15) is 0 Å². The molecule has 25 heavy (non-hydrogen) atoms. The molecule has 0 bridgehead atoms. The maximum atomic E-state index is 12.2. The molecule has 0 heterocycles. The molecule has 2 aromatic carbocycles. The second kappa shape index (κ2) is 8.31. The van der Waals surface area contributed by atoms with E-state index in [9.17, 15) is 18.0 Å². The van der Waals surface area contributed by atoms with Gasteiger partial charge in [0.25, 0.3) is 0 Å². The number of benzene rings is 2. The number of carbonyl (C=O) groups excluding carboxylic acids is 2. The van der Waals surface area contributed by atoms with Crippen LogP contribution in [0.25, 0.3) is 0 Å². The summed E-state index contributed by atoms with van der Waals surface area (Å²) in [6.45, 7) is 1.05. The Labute approximate surface area is 151 Å². The molecule has 0 spiro atoms. The van der Waals surface area contributed by atoms with Gasteiger partial charge in [-0.2, -0.15) is 0 Å². The van der Waals surface area contributed by atoms with Crippen molar-refractivity contribution < 1.29 is 22.7 Å². The summed E-state index contributed by atoms with van der Waals surface area (Å²) in [6, 6.07) is 12.8. The standard InChI is InChI=1S/C18H18O5S2/c1-3-25(21,22)17-7-5-4-6-15(17)18(20)23-12-16(19)13-8-10-14(24-2)11-9-13/h4-11H,3,12H2,1-2H3. The second-order valence-electron chi connectivity index (χ2n) is 5.13. The molecule has 0 N–H and O–H groups in total. The molecular formula is C18H18O5S2. The van der Waals surface area contributed by atoms with Gasteiger partial charge in [-0.3, -0.25) is 4.79 Å². The zero-order valence-electron chi connectivity index (χ0n) is 13.9. The largest absolute Gasteiger partial charge is 0.454 e. The van der Waals surface area contributed by atoms with Crippen LogP contribution in [0.2, 0.25) is 0 Å². The van der Waals surface area contributed by atoms with Crippen LogP contribution >= 0.6 is 11.8 Å². The van der Waals surface area contributed by atoms with Crippen molar-refractivity contribution in [2.24, 2.45) is 0 Å². The minimum absolute atomic E-state index is 0.0603. The first kappa shape index (κ1) is 19.2. The van der Waals surface area contributed by atoms with Crippen LogP contribution in [-0.4, -0.2) is 38.8 Å². The first-order valence-electron chi connectivity index (χ1n) is 7.55. The summed E-state index contributed by atoms with van der Waals surface area (Å²) in [5.74, 6) is -1.31. The number of rotatable bonds is 7. The second-order valence-corrected chi connectivity index (χ2v) is 8.25. The Kier molecular flexibility index (Phi) is 6.39. The number of esters is 1. The summed E-state index contributed by atoms with van der Waals surface area (Å²) in [5, 5.41) is 0. The monoisotopic (exact) mass is 378 g/mol. The summed E-state index contributed by atoms with van der Waals surface area (Å²) < 4.78 is 29.2. The Morgan fingerprint density at radius 2 is 1.68 bits per heavy atom. The predicted molar refractivity (Wildman–Crippen MR) is 97.0 cm³/mol. The number of ether oxygens (including phenoxy) is 1. The van der Waals surface area contributed by atoms with E-state index in [1.54, 1.807) is 30.0 Å². The van der Waals surface area contributed by atoms with E-state index >= 15 is 0 Å². The first-order chi connectivity index (χ1) is 11.9. The third-order valence-electron chi connectivity index (χ3n) is 3.57. The highest BCUT2D eigenvalue weighted by Crippen LogP contribution is 2.19. The fourth-order valence-corrected chi connectivity index (χ4v) is 3.62. The Morgan fingerprint density at radius 3 is 2.28 bits per heavy atom. The lowest BCUT2D eigenvalue weighted by Crippen LogP contribution is -2.17. The van der Waals surface area contributed by atoms with Gasteiger partial charge in [0.15, 0.2) is 22.2 Å². The number of hydrogen-bond acceptors (Lipinski definition) is 6. The van der Waals surface area contributed by atoms with Gasteiger partial charge in [-0.05, 0) is 30.5 Å². The summed E-state index contributed by atoms with van der Waals surface area (Å²) in [4.78, 5) is 25.3. The van der Waals surface area contributed by atoms with Gasteiger partial charge in [0.2, 0.25) is 0 Å². The molecule has 0 aliphatic carbocycles. The molecule has 0 amide bonds. The molecule has 0 unspecified atom stereocenters. The lowest BCUT2D eigenvalue weighted by Gasteiger charge is -2.09. The highest BCUT2D eigenvalue weighted by atomic mass is 32.2. The minimum atomic E-state index is -3.56.